The molecule has 0 aliphatic carbocycles. The van der Waals surface area contributed by atoms with Crippen molar-refractivity contribution in [2.75, 3.05) is 13.7 Å². The number of thioether (sulfide) groups is 1. The molecule has 168 valence electrons. The van der Waals surface area contributed by atoms with E-state index in [0.717, 1.165) is 21.8 Å². The molecule has 0 saturated carbocycles. The third-order valence-corrected chi connectivity index (χ3v) is 5.76. The molecule has 0 bridgehead atoms. The van der Waals surface area contributed by atoms with Gasteiger partial charge in [0.05, 0.1) is 24.7 Å². The summed E-state index contributed by atoms with van der Waals surface area (Å²) >= 11 is 4.26. The summed E-state index contributed by atoms with van der Waals surface area (Å²) in [6.45, 7) is 3.47. The van der Waals surface area contributed by atoms with E-state index in [1.165, 1.54) is 12.0 Å². The zero-order valence-electron chi connectivity index (χ0n) is 17.8. The lowest BCUT2D eigenvalue weighted by atomic mass is 10.1. The second-order valence-electron chi connectivity index (χ2n) is 7.13. The quantitative estimate of drug-likeness (QED) is 0.357. The molecule has 0 radical (unpaired) electrons. The Morgan fingerprint density at radius 1 is 1.12 bits per heavy atom. The Morgan fingerprint density at radius 2 is 1.84 bits per heavy atom. The first-order valence-corrected chi connectivity index (χ1v) is 11.4. The molecule has 0 unspecified atom stereocenters. The minimum absolute atomic E-state index is 0.206. The minimum atomic E-state index is -0.481. The lowest BCUT2D eigenvalue weighted by Gasteiger charge is -2.13. The lowest BCUT2D eigenvalue weighted by molar-refractivity contribution is -0.149. The summed E-state index contributed by atoms with van der Waals surface area (Å²) in [6, 6.07) is 12.5. The van der Waals surface area contributed by atoms with Gasteiger partial charge in [-0.05, 0) is 67.1 Å². The highest BCUT2D eigenvalue weighted by molar-refractivity contribution is 9.10. The summed E-state index contributed by atoms with van der Waals surface area (Å²) in [6.07, 6.45) is 1.40. The largest absolute Gasteiger partial charge is 0.493 e. The highest BCUT2D eigenvalue weighted by Crippen LogP contribution is 2.35. The Labute approximate surface area is 198 Å². The van der Waals surface area contributed by atoms with Crippen LogP contribution < -0.4 is 9.47 Å². The number of rotatable bonds is 8. The van der Waals surface area contributed by atoms with Gasteiger partial charge in [-0.1, -0.05) is 34.1 Å². The van der Waals surface area contributed by atoms with Gasteiger partial charge in [0.15, 0.2) is 18.1 Å². The first kappa shape index (κ1) is 23.9. The van der Waals surface area contributed by atoms with Crippen molar-refractivity contribution < 1.29 is 28.6 Å². The lowest BCUT2D eigenvalue weighted by Crippen LogP contribution is -2.27. The number of halogens is 1. The third kappa shape index (κ3) is 6.14. The molecule has 32 heavy (non-hydrogen) atoms. The molecule has 9 heteroatoms. The molecule has 7 nitrogen and oxygen atoms in total. The van der Waals surface area contributed by atoms with Crippen LogP contribution in [0.1, 0.15) is 25.0 Å². The highest BCUT2D eigenvalue weighted by Gasteiger charge is 2.35. The van der Waals surface area contributed by atoms with Crippen LogP contribution in [0.3, 0.4) is 0 Å². The zero-order chi connectivity index (χ0) is 23.3. The number of methoxy groups -OCH3 is 1. The van der Waals surface area contributed by atoms with E-state index in [2.05, 4.69) is 15.9 Å². The number of amides is 2. The standard InChI is InChI=1S/C23H22BrNO6S/c1-14(2)31-21(26)13-30-18-9-6-16(10-19(18)29-3)11-20-22(27)25(23(28)32-20)12-15-4-7-17(24)8-5-15/h4-11,14H,12-13H2,1-3H3/b20-11-. The molecule has 0 aromatic heterocycles. The Morgan fingerprint density at radius 3 is 2.50 bits per heavy atom. The second kappa shape index (κ2) is 10.7. The number of carbonyl (C=O) groups excluding carboxylic acids is 3. The van der Waals surface area contributed by atoms with E-state index in [-0.39, 0.29) is 30.4 Å². The molecule has 0 spiro atoms. The smallest absolute Gasteiger partial charge is 0.344 e. The van der Waals surface area contributed by atoms with Gasteiger partial charge < -0.3 is 14.2 Å². The first-order valence-electron chi connectivity index (χ1n) is 9.77. The molecule has 2 amide bonds. The number of ether oxygens (including phenoxy) is 3. The normalized spacial score (nSPS) is 14.9. The average Bonchev–Trinajstić information content (AvgIpc) is 3.01. The number of nitrogens with zero attached hydrogens (tertiary/aromatic N) is 1. The molecule has 1 aliphatic rings. The van der Waals surface area contributed by atoms with Crippen LogP contribution in [0.25, 0.3) is 6.08 Å². The maximum Gasteiger partial charge on any atom is 0.344 e. The molecule has 2 aromatic rings. The van der Waals surface area contributed by atoms with Gasteiger partial charge >= 0.3 is 5.97 Å². The SMILES string of the molecule is COc1cc(/C=C2\SC(=O)N(Cc3ccc(Br)cc3)C2=O)ccc1OCC(=O)OC(C)C. The van der Waals surface area contributed by atoms with Gasteiger partial charge in [-0.25, -0.2) is 4.79 Å². The van der Waals surface area contributed by atoms with E-state index in [1.807, 2.05) is 24.3 Å². The second-order valence-corrected chi connectivity index (χ2v) is 9.04. The average molecular weight is 520 g/mol. The Bertz CT molecular complexity index is 1050. The Balaban J connectivity index is 1.71. The minimum Gasteiger partial charge on any atom is -0.493 e. The van der Waals surface area contributed by atoms with Crippen molar-refractivity contribution in [3.05, 3.63) is 63.0 Å². The fraction of sp³-hybridized carbons (Fsp3) is 0.261. The highest BCUT2D eigenvalue weighted by atomic mass is 79.9. The number of esters is 1. The van der Waals surface area contributed by atoms with Gasteiger partial charge in [0, 0.05) is 4.47 Å². The van der Waals surface area contributed by atoms with Gasteiger partial charge in [-0.15, -0.1) is 0 Å². The summed E-state index contributed by atoms with van der Waals surface area (Å²) in [4.78, 5) is 38.4. The number of hydrogen-bond acceptors (Lipinski definition) is 7. The monoisotopic (exact) mass is 519 g/mol. The molecule has 0 N–H and O–H groups in total. The van der Waals surface area contributed by atoms with Crippen LogP contribution in [-0.2, 0) is 20.9 Å². The van der Waals surface area contributed by atoms with E-state index >= 15 is 0 Å². The Hall–Kier alpha value is -2.78. The summed E-state index contributed by atoms with van der Waals surface area (Å²) in [5, 5.41) is -0.320. The van der Waals surface area contributed by atoms with Gasteiger partial charge in [-0.2, -0.15) is 0 Å². The van der Waals surface area contributed by atoms with Crippen LogP contribution in [0.5, 0.6) is 11.5 Å². The molecule has 1 fully saturated rings. The number of benzene rings is 2. The van der Waals surface area contributed by atoms with E-state index < -0.39 is 5.97 Å². The van der Waals surface area contributed by atoms with Crippen LogP contribution in [0.4, 0.5) is 4.79 Å². The zero-order valence-corrected chi connectivity index (χ0v) is 20.2. The van der Waals surface area contributed by atoms with Crippen LogP contribution in [-0.4, -0.2) is 41.8 Å². The molecule has 3 rings (SSSR count). The molecule has 1 aliphatic heterocycles. The summed E-state index contributed by atoms with van der Waals surface area (Å²) in [5.41, 5.74) is 1.52. The van der Waals surface area contributed by atoms with Gasteiger partial charge in [0.1, 0.15) is 0 Å². The number of imide groups is 1. The van der Waals surface area contributed by atoms with Gasteiger partial charge in [0.25, 0.3) is 11.1 Å². The van der Waals surface area contributed by atoms with Crippen molar-refractivity contribution >= 4 is 50.9 Å². The number of carbonyl (C=O) groups is 3. The van der Waals surface area contributed by atoms with Crippen LogP contribution in [0, 0.1) is 0 Å². The van der Waals surface area contributed by atoms with Gasteiger partial charge in [0.2, 0.25) is 0 Å². The molecule has 0 atom stereocenters. The topological polar surface area (TPSA) is 82.1 Å². The third-order valence-electron chi connectivity index (χ3n) is 4.33. The van der Waals surface area contributed by atoms with Crippen LogP contribution in [0.2, 0.25) is 0 Å². The molecule has 1 saturated heterocycles. The first-order chi connectivity index (χ1) is 15.3. The van der Waals surface area contributed by atoms with E-state index in [0.29, 0.717) is 22.0 Å². The maximum atomic E-state index is 12.8. The van der Waals surface area contributed by atoms with E-state index in [4.69, 9.17) is 14.2 Å². The molecule has 2 aromatic carbocycles. The predicted molar refractivity (Wildman–Crippen MR) is 125 cm³/mol. The van der Waals surface area contributed by atoms with Crippen molar-refractivity contribution in [3.8, 4) is 11.5 Å². The maximum absolute atomic E-state index is 12.8. The van der Waals surface area contributed by atoms with Crippen molar-refractivity contribution in [1.29, 1.82) is 0 Å². The predicted octanol–water partition coefficient (Wildman–Crippen LogP) is 5.02. The van der Waals surface area contributed by atoms with Crippen molar-refractivity contribution in [3.63, 3.8) is 0 Å². The van der Waals surface area contributed by atoms with Crippen LogP contribution in [0.15, 0.2) is 51.8 Å². The molecule has 1 heterocycles. The molecular weight excluding hydrogens is 498 g/mol. The summed E-state index contributed by atoms with van der Waals surface area (Å²) in [7, 11) is 1.48. The fourth-order valence-corrected chi connectivity index (χ4v) is 3.99. The summed E-state index contributed by atoms with van der Waals surface area (Å²) in [5.74, 6) is -0.0666. The Kier molecular flexibility index (Phi) is 7.98. The molecular formula is C23H22BrNO6S. The van der Waals surface area contributed by atoms with Crippen molar-refractivity contribution in [2.45, 2.75) is 26.5 Å². The van der Waals surface area contributed by atoms with E-state index in [1.54, 1.807) is 38.1 Å². The van der Waals surface area contributed by atoms with E-state index in [9.17, 15) is 14.4 Å². The summed E-state index contributed by atoms with van der Waals surface area (Å²) < 4.78 is 16.8. The van der Waals surface area contributed by atoms with Crippen molar-refractivity contribution in [2.24, 2.45) is 0 Å². The van der Waals surface area contributed by atoms with Crippen molar-refractivity contribution in [1.82, 2.24) is 4.90 Å². The fourth-order valence-electron chi connectivity index (χ4n) is 2.89. The van der Waals surface area contributed by atoms with Gasteiger partial charge in [-0.3, -0.25) is 14.5 Å². The number of hydrogen-bond donors (Lipinski definition) is 0. The van der Waals surface area contributed by atoms with Crippen LogP contribution >= 0.6 is 27.7 Å².